The van der Waals surface area contributed by atoms with Gasteiger partial charge in [0, 0.05) is 11.4 Å². The Hall–Kier alpha value is -3.30. The van der Waals surface area contributed by atoms with Gasteiger partial charge in [-0.15, -0.1) is 0 Å². The topological polar surface area (TPSA) is 89.8 Å². The fourth-order valence-corrected chi connectivity index (χ4v) is 3.54. The van der Waals surface area contributed by atoms with Gasteiger partial charge in [-0.05, 0) is 35.9 Å². The van der Waals surface area contributed by atoms with Crippen LogP contribution in [0.2, 0.25) is 5.02 Å². The van der Waals surface area contributed by atoms with Gasteiger partial charge in [0.2, 0.25) is 0 Å². The Morgan fingerprint density at radius 3 is 2.47 bits per heavy atom. The normalized spacial score (nSPS) is 10.5. The molecule has 154 valence electrons. The standard InChI is InChI=1S/C20H14ClFN2O5S/c1-29-15-5-2-12(3-6-15)10-23(19(25)13-8-18(24(27)28)30-11-13)20(26)16-9-14(22)4-7-17(16)21/h2-9,11H,10H2,1H3. The van der Waals surface area contributed by atoms with Gasteiger partial charge in [0.1, 0.15) is 11.6 Å². The first-order chi connectivity index (χ1) is 14.3. The maximum Gasteiger partial charge on any atom is 0.324 e. The lowest BCUT2D eigenvalue weighted by Gasteiger charge is -2.21. The predicted molar refractivity (Wildman–Crippen MR) is 110 cm³/mol. The molecule has 7 nitrogen and oxygen atoms in total. The van der Waals surface area contributed by atoms with Crippen LogP contribution in [0, 0.1) is 15.9 Å². The lowest BCUT2D eigenvalue weighted by Crippen LogP contribution is -2.36. The van der Waals surface area contributed by atoms with Gasteiger partial charge in [-0.3, -0.25) is 24.6 Å². The van der Waals surface area contributed by atoms with Crippen molar-refractivity contribution in [1.82, 2.24) is 4.90 Å². The highest BCUT2D eigenvalue weighted by Crippen LogP contribution is 2.26. The number of benzene rings is 2. The van der Waals surface area contributed by atoms with Crippen molar-refractivity contribution in [1.29, 1.82) is 0 Å². The van der Waals surface area contributed by atoms with Crippen molar-refractivity contribution in [3.05, 3.63) is 91.6 Å². The molecule has 0 fully saturated rings. The van der Waals surface area contributed by atoms with Crippen LogP contribution in [0.5, 0.6) is 5.75 Å². The molecule has 0 aliphatic rings. The number of nitro groups is 1. The summed E-state index contributed by atoms with van der Waals surface area (Å²) in [7, 11) is 1.50. The van der Waals surface area contributed by atoms with E-state index >= 15 is 0 Å². The van der Waals surface area contributed by atoms with Crippen LogP contribution in [-0.2, 0) is 6.54 Å². The number of thiophene rings is 1. The Balaban J connectivity index is 2.00. The SMILES string of the molecule is COc1ccc(CN(C(=O)c2csc([N+](=O)[O-])c2)C(=O)c2cc(F)ccc2Cl)cc1. The molecule has 2 amide bonds. The fraction of sp³-hybridized carbons (Fsp3) is 0.100. The van der Waals surface area contributed by atoms with E-state index in [2.05, 4.69) is 0 Å². The van der Waals surface area contributed by atoms with Crippen molar-refractivity contribution in [2.75, 3.05) is 7.11 Å². The van der Waals surface area contributed by atoms with Crippen LogP contribution >= 0.6 is 22.9 Å². The Kier molecular flexibility index (Phi) is 6.43. The van der Waals surface area contributed by atoms with E-state index in [0.717, 1.165) is 34.4 Å². The van der Waals surface area contributed by atoms with Crippen LogP contribution in [0.4, 0.5) is 9.39 Å². The number of amides is 2. The lowest BCUT2D eigenvalue weighted by atomic mass is 10.1. The minimum absolute atomic E-state index is 0.0229. The molecule has 0 unspecified atom stereocenters. The Bertz CT molecular complexity index is 1120. The Morgan fingerprint density at radius 2 is 1.87 bits per heavy atom. The third-order valence-electron chi connectivity index (χ3n) is 4.16. The zero-order chi connectivity index (χ0) is 21.8. The first-order valence-corrected chi connectivity index (χ1v) is 9.73. The highest BCUT2D eigenvalue weighted by molar-refractivity contribution is 7.13. The quantitative estimate of drug-likeness (QED) is 0.302. The smallest absolute Gasteiger partial charge is 0.324 e. The summed E-state index contributed by atoms with van der Waals surface area (Å²) in [5, 5.41) is 12.0. The fourth-order valence-electron chi connectivity index (χ4n) is 2.64. The van der Waals surface area contributed by atoms with Crippen LogP contribution in [0.15, 0.2) is 53.9 Å². The minimum atomic E-state index is -0.825. The van der Waals surface area contributed by atoms with Crippen LogP contribution in [0.1, 0.15) is 26.3 Å². The summed E-state index contributed by atoms with van der Waals surface area (Å²) in [6, 6.07) is 11.0. The van der Waals surface area contributed by atoms with E-state index in [1.165, 1.54) is 18.6 Å². The molecule has 0 saturated heterocycles. The van der Waals surface area contributed by atoms with E-state index in [9.17, 15) is 24.1 Å². The molecule has 2 aromatic carbocycles. The van der Waals surface area contributed by atoms with Crippen molar-refractivity contribution >= 4 is 39.8 Å². The van der Waals surface area contributed by atoms with Gasteiger partial charge in [0.05, 0.1) is 34.7 Å². The lowest BCUT2D eigenvalue weighted by molar-refractivity contribution is -0.380. The number of ether oxygens (including phenoxy) is 1. The molecule has 0 N–H and O–H groups in total. The van der Waals surface area contributed by atoms with E-state index in [0.29, 0.717) is 11.3 Å². The average Bonchev–Trinajstić information content (AvgIpc) is 3.24. The van der Waals surface area contributed by atoms with Crippen molar-refractivity contribution in [3.8, 4) is 5.75 Å². The summed E-state index contributed by atoms with van der Waals surface area (Å²) >= 11 is 6.81. The third-order valence-corrected chi connectivity index (χ3v) is 5.37. The van der Waals surface area contributed by atoms with Gasteiger partial charge in [0.15, 0.2) is 0 Å². The number of hydrogen-bond donors (Lipinski definition) is 0. The molecule has 0 saturated carbocycles. The number of methoxy groups -OCH3 is 1. The summed E-state index contributed by atoms with van der Waals surface area (Å²) in [5.74, 6) is -1.69. The molecule has 0 aliphatic carbocycles. The summed E-state index contributed by atoms with van der Waals surface area (Å²) in [4.78, 5) is 37.3. The number of nitrogens with zero attached hydrogens (tertiary/aromatic N) is 2. The predicted octanol–water partition coefficient (Wildman–Crippen LogP) is 4.94. The number of hydrogen-bond acceptors (Lipinski definition) is 6. The molecule has 0 radical (unpaired) electrons. The zero-order valence-electron chi connectivity index (χ0n) is 15.5. The van der Waals surface area contributed by atoms with Crippen molar-refractivity contribution in [2.45, 2.75) is 6.54 Å². The van der Waals surface area contributed by atoms with Gasteiger partial charge >= 0.3 is 5.00 Å². The van der Waals surface area contributed by atoms with Gasteiger partial charge in [-0.25, -0.2) is 4.39 Å². The Labute approximate surface area is 179 Å². The second-order valence-corrected chi connectivity index (χ2v) is 7.40. The maximum atomic E-state index is 13.7. The van der Waals surface area contributed by atoms with E-state index in [1.54, 1.807) is 24.3 Å². The number of imide groups is 1. The number of carbonyl (C=O) groups excluding carboxylic acids is 2. The van der Waals surface area contributed by atoms with E-state index in [4.69, 9.17) is 16.3 Å². The monoisotopic (exact) mass is 448 g/mol. The summed E-state index contributed by atoms with van der Waals surface area (Å²) in [6.07, 6.45) is 0. The van der Waals surface area contributed by atoms with Crippen molar-refractivity contribution < 1.29 is 23.6 Å². The minimum Gasteiger partial charge on any atom is -0.497 e. The highest BCUT2D eigenvalue weighted by atomic mass is 35.5. The van der Waals surface area contributed by atoms with Crippen LogP contribution in [0.25, 0.3) is 0 Å². The summed E-state index contributed by atoms with van der Waals surface area (Å²) in [6.45, 7) is -0.155. The average molecular weight is 449 g/mol. The molecule has 0 atom stereocenters. The molecule has 0 bridgehead atoms. The van der Waals surface area contributed by atoms with Gasteiger partial charge in [-0.2, -0.15) is 0 Å². The number of halogens is 2. The van der Waals surface area contributed by atoms with E-state index in [-0.39, 0.29) is 27.7 Å². The van der Waals surface area contributed by atoms with Gasteiger partial charge in [-0.1, -0.05) is 35.1 Å². The second kappa shape index (κ2) is 9.02. The number of rotatable bonds is 6. The maximum absolute atomic E-state index is 13.7. The molecule has 3 rings (SSSR count). The summed E-state index contributed by atoms with van der Waals surface area (Å²) in [5.41, 5.74) is 0.374. The zero-order valence-corrected chi connectivity index (χ0v) is 17.1. The number of carbonyl (C=O) groups is 2. The van der Waals surface area contributed by atoms with Crippen molar-refractivity contribution in [2.24, 2.45) is 0 Å². The van der Waals surface area contributed by atoms with Crippen LogP contribution < -0.4 is 4.74 Å². The second-order valence-electron chi connectivity index (χ2n) is 6.10. The van der Waals surface area contributed by atoms with Gasteiger partial charge in [0.25, 0.3) is 11.8 Å². The first-order valence-electron chi connectivity index (χ1n) is 8.47. The first kappa shape index (κ1) is 21.4. The van der Waals surface area contributed by atoms with E-state index < -0.39 is 22.6 Å². The largest absolute Gasteiger partial charge is 0.497 e. The molecule has 3 aromatic rings. The molecular weight excluding hydrogens is 435 g/mol. The van der Waals surface area contributed by atoms with Gasteiger partial charge < -0.3 is 4.74 Å². The molecule has 0 aliphatic heterocycles. The van der Waals surface area contributed by atoms with E-state index in [1.807, 2.05) is 0 Å². The third kappa shape index (κ3) is 4.64. The molecule has 0 spiro atoms. The summed E-state index contributed by atoms with van der Waals surface area (Å²) < 4.78 is 18.8. The molecule has 30 heavy (non-hydrogen) atoms. The molecule has 1 heterocycles. The Morgan fingerprint density at radius 1 is 1.17 bits per heavy atom. The van der Waals surface area contributed by atoms with Crippen molar-refractivity contribution in [3.63, 3.8) is 0 Å². The molecule has 1 aromatic heterocycles. The highest BCUT2D eigenvalue weighted by Gasteiger charge is 2.28. The van der Waals surface area contributed by atoms with Crippen LogP contribution in [-0.4, -0.2) is 28.7 Å². The molecular formula is C20H14ClFN2O5S. The molecule has 10 heteroatoms. The van der Waals surface area contributed by atoms with Crippen LogP contribution in [0.3, 0.4) is 0 Å².